The van der Waals surface area contributed by atoms with Crippen molar-refractivity contribution in [2.45, 2.75) is 38.9 Å². The van der Waals surface area contributed by atoms with E-state index >= 15 is 0 Å². The smallest absolute Gasteiger partial charge is 0.236 e. The largest absolute Gasteiger partial charge is 0.341 e. The summed E-state index contributed by atoms with van der Waals surface area (Å²) in [5, 5.41) is 3.31. The molecule has 2 N–H and O–H groups in total. The molecule has 0 bridgehead atoms. The summed E-state index contributed by atoms with van der Waals surface area (Å²) in [6, 6.07) is 16.6. The molecule has 0 atom stereocenters. The number of hydrogen-bond acceptors (Lipinski definition) is 6. The summed E-state index contributed by atoms with van der Waals surface area (Å²) in [6.07, 6.45) is 3.59. The lowest BCUT2D eigenvalue weighted by Gasteiger charge is -2.27. The van der Waals surface area contributed by atoms with Crippen molar-refractivity contribution in [2.75, 3.05) is 28.0 Å². The van der Waals surface area contributed by atoms with E-state index in [9.17, 15) is 8.42 Å². The Kier molecular flexibility index (Phi) is 6.60. The summed E-state index contributed by atoms with van der Waals surface area (Å²) in [4.78, 5) is 11.5. The summed E-state index contributed by atoms with van der Waals surface area (Å²) in [7, 11) is -3.50. The van der Waals surface area contributed by atoms with Gasteiger partial charge in [-0.2, -0.15) is 4.98 Å². The molecule has 32 heavy (non-hydrogen) atoms. The van der Waals surface area contributed by atoms with E-state index in [2.05, 4.69) is 24.9 Å². The first-order valence-electron chi connectivity index (χ1n) is 10.9. The predicted molar refractivity (Wildman–Crippen MR) is 130 cm³/mol. The van der Waals surface area contributed by atoms with Crippen molar-refractivity contribution in [1.29, 1.82) is 0 Å². The molecule has 1 saturated heterocycles. The monoisotopic (exact) mass is 451 g/mol. The Hall–Kier alpha value is -3.13. The minimum Gasteiger partial charge on any atom is -0.341 e. The number of piperidine rings is 1. The zero-order valence-electron chi connectivity index (χ0n) is 18.5. The second-order valence-corrected chi connectivity index (χ2v) is 10.0. The van der Waals surface area contributed by atoms with Gasteiger partial charge in [-0.25, -0.2) is 13.4 Å². The third-order valence-corrected chi connectivity index (χ3v) is 6.61. The van der Waals surface area contributed by atoms with Crippen LogP contribution in [0.5, 0.6) is 0 Å². The van der Waals surface area contributed by atoms with Gasteiger partial charge in [-0.15, -0.1) is 0 Å². The maximum Gasteiger partial charge on any atom is 0.236 e. The first-order valence-corrected chi connectivity index (χ1v) is 12.6. The number of aryl methyl sites for hydroxylation is 2. The van der Waals surface area contributed by atoms with Crippen LogP contribution in [0.25, 0.3) is 0 Å². The highest BCUT2D eigenvalue weighted by Gasteiger charge is 2.15. The molecule has 0 unspecified atom stereocenters. The van der Waals surface area contributed by atoms with Gasteiger partial charge in [-0.05, 0) is 62.9 Å². The third kappa shape index (κ3) is 5.97. The second-order valence-electron chi connectivity index (χ2n) is 8.29. The molecule has 0 amide bonds. The van der Waals surface area contributed by atoms with Gasteiger partial charge in [0.15, 0.2) is 0 Å². The topological polar surface area (TPSA) is 87.2 Å². The highest BCUT2D eigenvalue weighted by Crippen LogP contribution is 2.23. The molecule has 1 aliphatic heterocycles. The highest BCUT2D eigenvalue weighted by molar-refractivity contribution is 7.91. The van der Waals surface area contributed by atoms with Crippen molar-refractivity contribution in [2.24, 2.45) is 0 Å². The summed E-state index contributed by atoms with van der Waals surface area (Å²) in [5.74, 6) is 1.42. The van der Waals surface area contributed by atoms with Gasteiger partial charge in [0.05, 0.1) is 5.75 Å². The molecular weight excluding hydrogens is 422 g/mol. The van der Waals surface area contributed by atoms with Gasteiger partial charge in [0.2, 0.25) is 16.0 Å². The van der Waals surface area contributed by atoms with Crippen molar-refractivity contribution in [1.82, 2.24) is 9.97 Å². The highest BCUT2D eigenvalue weighted by atomic mass is 32.2. The van der Waals surface area contributed by atoms with Crippen LogP contribution in [-0.4, -0.2) is 31.5 Å². The lowest BCUT2D eigenvalue weighted by atomic mass is 10.1. The molecule has 3 aromatic rings. The molecule has 4 rings (SSSR count). The molecule has 0 aliphatic carbocycles. The number of aromatic nitrogens is 2. The number of rotatable bonds is 7. The van der Waals surface area contributed by atoms with Crippen molar-refractivity contribution < 1.29 is 8.42 Å². The van der Waals surface area contributed by atoms with E-state index in [1.165, 1.54) is 19.3 Å². The predicted octanol–water partition coefficient (Wildman–Crippen LogP) is 4.77. The van der Waals surface area contributed by atoms with Crippen molar-refractivity contribution in [3.8, 4) is 0 Å². The van der Waals surface area contributed by atoms with Crippen LogP contribution in [0.2, 0.25) is 0 Å². The Bertz CT molecular complexity index is 1170. The van der Waals surface area contributed by atoms with E-state index in [4.69, 9.17) is 0 Å². The van der Waals surface area contributed by atoms with E-state index in [1.54, 1.807) is 12.1 Å². The van der Waals surface area contributed by atoms with Crippen LogP contribution in [-0.2, 0) is 15.8 Å². The van der Waals surface area contributed by atoms with Crippen LogP contribution >= 0.6 is 0 Å². The number of sulfonamides is 1. The maximum atomic E-state index is 12.5. The van der Waals surface area contributed by atoms with Crippen LogP contribution in [0.4, 0.5) is 23.1 Å². The number of benzene rings is 2. The molecule has 2 heterocycles. The van der Waals surface area contributed by atoms with E-state index in [0.717, 1.165) is 47.4 Å². The molecule has 0 spiro atoms. The van der Waals surface area contributed by atoms with Crippen molar-refractivity contribution in [3.05, 3.63) is 71.4 Å². The van der Waals surface area contributed by atoms with Gasteiger partial charge in [0.1, 0.15) is 5.82 Å². The molecule has 1 aromatic heterocycles. The zero-order chi connectivity index (χ0) is 22.6. The van der Waals surface area contributed by atoms with Gasteiger partial charge in [-0.1, -0.05) is 29.8 Å². The SMILES string of the molecule is Cc1cccc(CS(=O)(=O)Nc2ccc(Nc3cc(C)nc(N4CCCCC4)n3)cc2)c1. The summed E-state index contributed by atoms with van der Waals surface area (Å²) in [5.41, 5.74) is 4.06. The second kappa shape index (κ2) is 9.56. The van der Waals surface area contributed by atoms with E-state index in [-0.39, 0.29) is 5.75 Å². The first-order chi connectivity index (χ1) is 15.4. The first kappa shape index (κ1) is 22.1. The van der Waals surface area contributed by atoms with E-state index in [0.29, 0.717) is 5.69 Å². The Morgan fingerprint density at radius 1 is 0.906 bits per heavy atom. The standard InChI is InChI=1S/C24H29N5O2S/c1-18-7-6-8-20(15-18)17-32(30,31)28-22-11-9-21(10-12-22)26-23-16-19(2)25-24(27-23)29-13-4-3-5-14-29/h6-12,15-16,28H,3-5,13-14,17H2,1-2H3,(H,25,26,27). The molecule has 1 aliphatic rings. The van der Waals surface area contributed by atoms with Gasteiger partial charge >= 0.3 is 0 Å². The Morgan fingerprint density at radius 2 is 1.62 bits per heavy atom. The molecule has 0 radical (unpaired) electrons. The third-order valence-electron chi connectivity index (χ3n) is 5.35. The fourth-order valence-electron chi connectivity index (χ4n) is 3.86. The van der Waals surface area contributed by atoms with Gasteiger partial charge in [0.25, 0.3) is 0 Å². The molecule has 1 fully saturated rings. The Balaban J connectivity index is 1.42. The average Bonchev–Trinajstić information content (AvgIpc) is 2.75. The van der Waals surface area contributed by atoms with Crippen LogP contribution in [0.1, 0.15) is 36.1 Å². The van der Waals surface area contributed by atoms with Gasteiger partial charge in [-0.3, -0.25) is 4.72 Å². The summed E-state index contributed by atoms with van der Waals surface area (Å²) < 4.78 is 27.7. The lowest BCUT2D eigenvalue weighted by molar-refractivity contribution is 0.568. The minimum atomic E-state index is -3.50. The number of anilines is 4. The van der Waals surface area contributed by atoms with Crippen LogP contribution < -0.4 is 14.9 Å². The van der Waals surface area contributed by atoms with Crippen molar-refractivity contribution >= 4 is 33.2 Å². The number of hydrogen-bond donors (Lipinski definition) is 2. The summed E-state index contributed by atoms with van der Waals surface area (Å²) in [6.45, 7) is 5.89. The average molecular weight is 452 g/mol. The lowest BCUT2D eigenvalue weighted by Crippen LogP contribution is -2.31. The van der Waals surface area contributed by atoms with Crippen LogP contribution in [0, 0.1) is 13.8 Å². The van der Waals surface area contributed by atoms with Crippen molar-refractivity contribution in [3.63, 3.8) is 0 Å². The number of nitrogens with one attached hydrogen (secondary N) is 2. The van der Waals surface area contributed by atoms with E-state index < -0.39 is 10.0 Å². The number of nitrogens with zero attached hydrogens (tertiary/aromatic N) is 3. The fraction of sp³-hybridized carbons (Fsp3) is 0.333. The molecule has 168 valence electrons. The zero-order valence-corrected chi connectivity index (χ0v) is 19.3. The van der Waals surface area contributed by atoms with Gasteiger partial charge < -0.3 is 10.2 Å². The Morgan fingerprint density at radius 3 is 2.34 bits per heavy atom. The quantitative estimate of drug-likeness (QED) is 0.538. The molecular formula is C24H29N5O2S. The normalized spacial score (nSPS) is 14.2. The summed E-state index contributed by atoms with van der Waals surface area (Å²) >= 11 is 0. The fourth-order valence-corrected chi connectivity index (χ4v) is 5.04. The molecule has 7 nitrogen and oxygen atoms in total. The van der Waals surface area contributed by atoms with E-state index in [1.807, 2.05) is 56.3 Å². The molecule has 0 saturated carbocycles. The molecule has 2 aromatic carbocycles. The maximum absolute atomic E-state index is 12.5. The minimum absolute atomic E-state index is 0.0613. The van der Waals surface area contributed by atoms with Crippen LogP contribution in [0.15, 0.2) is 54.6 Å². The van der Waals surface area contributed by atoms with Gasteiger partial charge in [0, 0.05) is 36.2 Å². The molecule has 8 heteroatoms. The van der Waals surface area contributed by atoms with Crippen LogP contribution in [0.3, 0.4) is 0 Å². The Labute approximate surface area is 190 Å².